The Hall–Kier alpha value is -2.93. The maximum absolute atomic E-state index is 12.7. The molecule has 0 aliphatic heterocycles. The number of nitrogens with zero attached hydrogens (tertiary/aromatic N) is 3. The van der Waals surface area contributed by atoms with Crippen LogP contribution in [0, 0.1) is 12.8 Å². The Morgan fingerprint density at radius 2 is 1.84 bits per heavy atom. The van der Waals surface area contributed by atoms with Gasteiger partial charge in [0.1, 0.15) is 0 Å². The molecule has 0 spiro atoms. The van der Waals surface area contributed by atoms with Gasteiger partial charge in [-0.25, -0.2) is 0 Å². The minimum absolute atomic E-state index is 0.00724. The number of benzene rings is 2. The van der Waals surface area contributed by atoms with Crippen LogP contribution in [0.1, 0.15) is 43.1 Å². The number of ketones is 1. The molecule has 2 aromatic carbocycles. The van der Waals surface area contributed by atoms with Crippen molar-refractivity contribution < 1.29 is 9.59 Å². The van der Waals surface area contributed by atoms with Gasteiger partial charge in [-0.1, -0.05) is 49.4 Å². The van der Waals surface area contributed by atoms with Crippen LogP contribution < -0.4 is 5.32 Å². The van der Waals surface area contributed by atoms with Gasteiger partial charge in [0.15, 0.2) is 16.8 Å². The van der Waals surface area contributed by atoms with E-state index in [1.54, 1.807) is 24.3 Å². The molecule has 0 bridgehead atoms. The lowest BCUT2D eigenvalue weighted by molar-refractivity contribution is -0.116. The number of carbonyl (C=O) groups excluding carboxylic acids is 2. The Morgan fingerprint density at radius 1 is 1.10 bits per heavy atom. The summed E-state index contributed by atoms with van der Waals surface area (Å²) in [6, 6.07) is 15.2. The topological polar surface area (TPSA) is 76.9 Å². The van der Waals surface area contributed by atoms with Gasteiger partial charge >= 0.3 is 0 Å². The van der Waals surface area contributed by atoms with E-state index in [1.165, 1.54) is 11.8 Å². The molecule has 0 atom stereocenters. The smallest absolute Gasteiger partial charge is 0.224 e. The normalized spacial score (nSPS) is 11.0. The van der Waals surface area contributed by atoms with Gasteiger partial charge < -0.3 is 9.88 Å². The Labute approximate surface area is 187 Å². The average molecular weight is 437 g/mol. The van der Waals surface area contributed by atoms with Crippen molar-refractivity contribution in [3.63, 3.8) is 0 Å². The summed E-state index contributed by atoms with van der Waals surface area (Å²) in [4.78, 5) is 24.5. The highest BCUT2D eigenvalue weighted by molar-refractivity contribution is 7.99. The molecule has 1 aromatic heterocycles. The number of carbonyl (C=O) groups is 2. The molecule has 0 aliphatic rings. The molecule has 0 unspecified atom stereocenters. The van der Waals surface area contributed by atoms with Crippen LogP contribution in [0.5, 0.6) is 0 Å². The summed E-state index contributed by atoms with van der Waals surface area (Å²) in [6.45, 7) is 8.81. The van der Waals surface area contributed by atoms with Crippen LogP contribution in [0.2, 0.25) is 0 Å². The highest BCUT2D eigenvalue weighted by Crippen LogP contribution is 2.25. The number of rotatable bonds is 9. The molecule has 1 amide bonds. The third-order valence-electron chi connectivity index (χ3n) is 4.73. The maximum atomic E-state index is 12.7. The van der Waals surface area contributed by atoms with Crippen molar-refractivity contribution in [1.29, 1.82) is 0 Å². The number of nitrogens with one attached hydrogen (secondary N) is 1. The van der Waals surface area contributed by atoms with Gasteiger partial charge in [-0.05, 0) is 50.1 Å². The molecular weight excluding hydrogens is 408 g/mol. The number of amides is 1. The van der Waals surface area contributed by atoms with Gasteiger partial charge in [0.25, 0.3) is 0 Å². The SMILES string of the molecule is CCn1c(SCC(=O)c2ccc(NC(=O)CC(C)C)cc2)nnc1-c1cccc(C)c1. The van der Waals surface area contributed by atoms with Crippen LogP contribution in [0.3, 0.4) is 0 Å². The third kappa shape index (κ3) is 6.04. The van der Waals surface area contributed by atoms with E-state index in [9.17, 15) is 9.59 Å². The number of thioether (sulfide) groups is 1. The molecule has 6 nitrogen and oxygen atoms in total. The molecule has 3 rings (SSSR count). The zero-order valence-corrected chi connectivity index (χ0v) is 19.2. The van der Waals surface area contributed by atoms with Crippen molar-refractivity contribution in [2.75, 3.05) is 11.1 Å². The van der Waals surface area contributed by atoms with Crippen LogP contribution in [-0.4, -0.2) is 32.2 Å². The summed E-state index contributed by atoms with van der Waals surface area (Å²) in [6.07, 6.45) is 0.472. The number of anilines is 1. The first kappa shape index (κ1) is 22.7. The van der Waals surface area contributed by atoms with E-state index in [-0.39, 0.29) is 17.4 Å². The highest BCUT2D eigenvalue weighted by atomic mass is 32.2. The predicted molar refractivity (Wildman–Crippen MR) is 125 cm³/mol. The lowest BCUT2D eigenvalue weighted by Crippen LogP contribution is -2.14. The summed E-state index contributed by atoms with van der Waals surface area (Å²) in [7, 11) is 0. The third-order valence-corrected chi connectivity index (χ3v) is 5.69. The van der Waals surface area contributed by atoms with E-state index < -0.39 is 0 Å². The van der Waals surface area contributed by atoms with Gasteiger partial charge in [0.05, 0.1) is 5.75 Å². The average Bonchev–Trinajstić information content (AvgIpc) is 3.15. The Bertz CT molecular complexity index is 1060. The quantitative estimate of drug-likeness (QED) is 0.367. The first-order chi connectivity index (χ1) is 14.9. The van der Waals surface area contributed by atoms with Crippen molar-refractivity contribution in [3.8, 4) is 11.4 Å². The maximum Gasteiger partial charge on any atom is 0.224 e. The van der Waals surface area contributed by atoms with Crippen LogP contribution in [0.4, 0.5) is 5.69 Å². The van der Waals surface area contributed by atoms with E-state index in [1.807, 2.05) is 50.5 Å². The number of hydrogen-bond acceptors (Lipinski definition) is 5. The Morgan fingerprint density at radius 3 is 2.48 bits per heavy atom. The molecule has 0 radical (unpaired) electrons. The van der Waals surface area contributed by atoms with Gasteiger partial charge in [0, 0.05) is 29.8 Å². The van der Waals surface area contributed by atoms with Crippen molar-refractivity contribution in [2.24, 2.45) is 5.92 Å². The molecule has 1 N–H and O–H groups in total. The molecule has 0 aliphatic carbocycles. The van der Waals surface area contributed by atoms with Crippen LogP contribution in [0.15, 0.2) is 53.7 Å². The zero-order chi connectivity index (χ0) is 22.4. The fraction of sp³-hybridized carbons (Fsp3) is 0.333. The van der Waals surface area contributed by atoms with Gasteiger partial charge in [-0.15, -0.1) is 10.2 Å². The minimum atomic E-state index is -0.0204. The molecule has 0 saturated carbocycles. The molecule has 0 fully saturated rings. The summed E-state index contributed by atoms with van der Waals surface area (Å²) >= 11 is 1.39. The van der Waals surface area contributed by atoms with Crippen molar-refractivity contribution in [1.82, 2.24) is 14.8 Å². The van der Waals surface area contributed by atoms with Gasteiger partial charge in [-0.3, -0.25) is 9.59 Å². The highest BCUT2D eigenvalue weighted by Gasteiger charge is 2.15. The summed E-state index contributed by atoms with van der Waals surface area (Å²) in [5, 5.41) is 12.2. The lowest BCUT2D eigenvalue weighted by atomic mass is 10.1. The summed E-state index contributed by atoms with van der Waals surface area (Å²) in [5.74, 6) is 1.36. The first-order valence-corrected chi connectivity index (χ1v) is 11.4. The first-order valence-electron chi connectivity index (χ1n) is 10.4. The second kappa shape index (κ2) is 10.4. The van der Waals surface area contributed by atoms with E-state index in [0.29, 0.717) is 23.6 Å². The van der Waals surface area contributed by atoms with Crippen molar-refractivity contribution in [2.45, 2.75) is 45.8 Å². The fourth-order valence-electron chi connectivity index (χ4n) is 3.21. The lowest BCUT2D eigenvalue weighted by Gasteiger charge is -2.09. The van der Waals surface area contributed by atoms with Gasteiger partial charge in [0.2, 0.25) is 5.91 Å². The van der Waals surface area contributed by atoms with E-state index in [2.05, 4.69) is 21.6 Å². The Balaban J connectivity index is 1.64. The minimum Gasteiger partial charge on any atom is -0.326 e. The molecule has 3 aromatic rings. The number of hydrogen-bond donors (Lipinski definition) is 1. The van der Waals surface area contributed by atoms with Crippen molar-refractivity contribution >= 4 is 29.1 Å². The second-order valence-corrected chi connectivity index (χ2v) is 8.80. The number of aromatic nitrogens is 3. The predicted octanol–water partition coefficient (Wildman–Crippen LogP) is 5.23. The van der Waals surface area contributed by atoms with Crippen LogP contribution in [-0.2, 0) is 11.3 Å². The number of aryl methyl sites for hydroxylation is 1. The van der Waals surface area contributed by atoms with Gasteiger partial charge in [-0.2, -0.15) is 0 Å². The molecular formula is C24H28N4O2S. The van der Waals surface area contributed by atoms with Crippen LogP contribution >= 0.6 is 11.8 Å². The molecule has 31 heavy (non-hydrogen) atoms. The standard InChI is InChI=1S/C24H28N4O2S/c1-5-28-23(19-8-6-7-17(4)14-19)26-27-24(28)31-15-21(29)18-9-11-20(12-10-18)25-22(30)13-16(2)3/h6-12,14,16H,5,13,15H2,1-4H3,(H,25,30). The Kier molecular flexibility index (Phi) is 7.63. The summed E-state index contributed by atoms with van der Waals surface area (Å²) < 4.78 is 2.03. The summed E-state index contributed by atoms with van der Waals surface area (Å²) in [5.41, 5.74) is 3.48. The molecule has 162 valence electrons. The van der Waals surface area contributed by atoms with E-state index >= 15 is 0 Å². The number of Topliss-reactive ketones (excluding diaryl/α,β-unsaturated/α-hetero) is 1. The molecule has 7 heteroatoms. The zero-order valence-electron chi connectivity index (χ0n) is 18.4. The molecule has 0 saturated heterocycles. The van der Waals surface area contributed by atoms with E-state index in [4.69, 9.17) is 0 Å². The largest absolute Gasteiger partial charge is 0.326 e. The second-order valence-electron chi connectivity index (χ2n) is 7.86. The van der Waals surface area contributed by atoms with Crippen molar-refractivity contribution in [3.05, 3.63) is 59.7 Å². The van der Waals surface area contributed by atoms with Crippen LogP contribution in [0.25, 0.3) is 11.4 Å². The monoisotopic (exact) mass is 436 g/mol. The molecule has 1 heterocycles. The van der Waals surface area contributed by atoms with E-state index in [0.717, 1.165) is 28.7 Å². The fourth-order valence-corrected chi connectivity index (χ4v) is 4.11.